The van der Waals surface area contributed by atoms with Crippen LogP contribution in [0.4, 0.5) is 0 Å². The van der Waals surface area contributed by atoms with E-state index in [1.165, 1.54) is 6.92 Å². The lowest BCUT2D eigenvalue weighted by Crippen LogP contribution is -2.38. The highest BCUT2D eigenvalue weighted by Crippen LogP contribution is 2.05. The minimum Gasteiger partial charge on any atom is -0.481 e. The second-order valence-electron chi connectivity index (χ2n) is 5.25. The Balaban J connectivity index is 2.36. The molecule has 1 atom stereocenters. The predicted octanol–water partition coefficient (Wildman–Crippen LogP) is 1.01. The maximum Gasteiger partial charge on any atom is 0.305 e. The zero-order valence-corrected chi connectivity index (χ0v) is 13.3. The molecule has 0 saturated carbocycles. The smallest absolute Gasteiger partial charge is 0.305 e. The Morgan fingerprint density at radius 3 is 2.45 bits per heavy atom. The van der Waals surface area contributed by atoms with Gasteiger partial charge in [-0.2, -0.15) is 0 Å². The summed E-state index contributed by atoms with van der Waals surface area (Å²) in [7, 11) is -3.48. The van der Waals surface area contributed by atoms with Crippen molar-refractivity contribution >= 4 is 21.7 Å². The van der Waals surface area contributed by atoms with Gasteiger partial charge < -0.3 is 10.4 Å². The normalized spacial score (nSPS) is 12.6. The fraction of sp³-hybridized carbons (Fsp3) is 0.467. The van der Waals surface area contributed by atoms with Gasteiger partial charge in [-0.1, -0.05) is 30.3 Å². The van der Waals surface area contributed by atoms with Crippen molar-refractivity contribution in [3.63, 3.8) is 0 Å². The second kappa shape index (κ2) is 8.53. The molecule has 0 heterocycles. The van der Waals surface area contributed by atoms with Crippen molar-refractivity contribution in [3.8, 4) is 0 Å². The Kier molecular flexibility index (Phi) is 7.04. The van der Waals surface area contributed by atoms with Crippen LogP contribution in [0.25, 0.3) is 0 Å². The van der Waals surface area contributed by atoms with Crippen LogP contribution in [-0.4, -0.2) is 42.9 Å². The van der Waals surface area contributed by atoms with E-state index in [0.29, 0.717) is 12.8 Å². The summed E-state index contributed by atoms with van der Waals surface area (Å²) in [5.41, 5.74) is 1.05. The number of hydrogen-bond donors (Lipinski definition) is 2. The first-order chi connectivity index (χ1) is 10.3. The van der Waals surface area contributed by atoms with Crippen LogP contribution in [0.5, 0.6) is 0 Å². The van der Waals surface area contributed by atoms with Crippen molar-refractivity contribution in [2.45, 2.75) is 32.2 Å². The topological polar surface area (TPSA) is 101 Å². The number of amides is 1. The molecular formula is C15H21NO5S. The number of benzene rings is 1. The molecule has 1 unspecified atom stereocenters. The molecular weight excluding hydrogens is 306 g/mol. The summed E-state index contributed by atoms with van der Waals surface area (Å²) in [6.45, 7) is 1.52. The highest BCUT2D eigenvalue weighted by molar-refractivity contribution is 7.92. The molecule has 1 aromatic rings. The molecule has 0 saturated heterocycles. The third-order valence-electron chi connectivity index (χ3n) is 3.00. The number of aryl methyl sites for hydroxylation is 1. The van der Waals surface area contributed by atoms with Crippen molar-refractivity contribution in [3.05, 3.63) is 35.9 Å². The molecule has 0 bridgehead atoms. The maximum absolute atomic E-state index is 11.9. The summed E-state index contributed by atoms with van der Waals surface area (Å²) in [5, 5.41) is 11.0. The molecule has 7 heteroatoms. The van der Waals surface area contributed by atoms with Crippen LogP contribution in [-0.2, 0) is 25.8 Å². The monoisotopic (exact) mass is 327 g/mol. The third kappa shape index (κ3) is 7.78. The molecule has 6 nitrogen and oxygen atoms in total. The highest BCUT2D eigenvalue weighted by Gasteiger charge is 2.18. The van der Waals surface area contributed by atoms with Gasteiger partial charge in [0.1, 0.15) is 5.75 Å². The van der Waals surface area contributed by atoms with E-state index in [1.54, 1.807) is 0 Å². The maximum atomic E-state index is 11.9. The molecule has 2 N–H and O–H groups in total. The van der Waals surface area contributed by atoms with E-state index in [9.17, 15) is 18.0 Å². The first-order valence-electron chi connectivity index (χ1n) is 7.04. The van der Waals surface area contributed by atoms with Gasteiger partial charge in [0.15, 0.2) is 9.84 Å². The first-order valence-corrected chi connectivity index (χ1v) is 8.86. The van der Waals surface area contributed by atoms with E-state index in [0.717, 1.165) is 5.56 Å². The van der Waals surface area contributed by atoms with Gasteiger partial charge in [0.25, 0.3) is 0 Å². The van der Waals surface area contributed by atoms with Crippen molar-refractivity contribution in [2.24, 2.45) is 0 Å². The minimum atomic E-state index is -3.48. The Morgan fingerprint density at radius 2 is 1.86 bits per heavy atom. The Hall–Kier alpha value is -1.89. The molecule has 0 fully saturated rings. The molecule has 1 amide bonds. The van der Waals surface area contributed by atoms with Crippen LogP contribution < -0.4 is 5.32 Å². The Bertz CT molecular complexity index is 598. The lowest BCUT2D eigenvalue weighted by atomic mass is 10.1. The number of hydrogen-bond acceptors (Lipinski definition) is 4. The third-order valence-corrected chi connectivity index (χ3v) is 4.62. The molecule has 0 spiro atoms. The van der Waals surface area contributed by atoms with Gasteiger partial charge in [0, 0.05) is 6.04 Å². The number of carbonyl (C=O) groups is 2. The fourth-order valence-corrected chi connectivity index (χ4v) is 3.25. The van der Waals surface area contributed by atoms with Crippen LogP contribution in [0.15, 0.2) is 30.3 Å². The summed E-state index contributed by atoms with van der Waals surface area (Å²) in [5.74, 6) is -2.37. The van der Waals surface area contributed by atoms with Gasteiger partial charge in [0.05, 0.1) is 12.2 Å². The van der Waals surface area contributed by atoms with Crippen molar-refractivity contribution < 1.29 is 23.1 Å². The molecule has 122 valence electrons. The number of carboxylic acid groups (broad SMARTS) is 1. The molecule has 1 rings (SSSR count). The standard InChI is InChI=1S/C15H21NO5S/c1-12(10-15(18)19)16-14(17)11-22(20,21)9-5-8-13-6-3-2-4-7-13/h2-4,6-7,12H,5,8-11H2,1H3,(H,16,17)(H,18,19). The predicted molar refractivity (Wildman–Crippen MR) is 83.3 cm³/mol. The molecule has 0 aliphatic carbocycles. The molecule has 0 aliphatic rings. The summed E-state index contributed by atoms with van der Waals surface area (Å²) in [6, 6.07) is 8.93. The number of carboxylic acids is 1. The van der Waals surface area contributed by atoms with Gasteiger partial charge in [-0.25, -0.2) is 8.42 Å². The van der Waals surface area contributed by atoms with Gasteiger partial charge in [0.2, 0.25) is 5.91 Å². The quantitative estimate of drug-likeness (QED) is 0.705. The van der Waals surface area contributed by atoms with Gasteiger partial charge in [-0.3, -0.25) is 9.59 Å². The SMILES string of the molecule is CC(CC(=O)O)NC(=O)CS(=O)(=O)CCCc1ccccc1. The summed E-state index contributed by atoms with van der Waals surface area (Å²) >= 11 is 0. The zero-order valence-electron chi connectivity index (χ0n) is 12.5. The summed E-state index contributed by atoms with van der Waals surface area (Å²) in [6.07, 6.45) is 0.848. The number of nitrogens with one attached hydrogen (secondary N) is 1. The lowest BCUT2D eigenvalue weighted by molar-refractivity contribution is -0.137. The van der Waals surface area contributed by atoms with Crippen molar-refractivity contribution in [2.75, 3.05) is 11.5 Å². The van der Waals surface area contributed by atoms with Crippen LogP contribution >= 0.6 is 0 Å². The van der Waals surface area contributed by atoms with Crippen LogP contribution in [0.2, 0.25) is 0 Å². The van der Waals surface area contributed by atoms with E-state index < -0.39 is 33.5 Å². The molecule has 1 aromatic carbocycles. The number of sulfone groups is 1. The largest absolute Gasteiger partial charge is 0.481 e. The Morgan fingerprint density at radius 1 is 1.23 bits per heavy atom. The fourth-order valence-electron chi connectivity index (χ4n) is 2.04. The van der Waals surface area contributed by atoms with Gasteiger partial charge in [-0.15, -0.1) is 0 Å². The van der Waals surface area contributed by atoms with Crippen LogP contribution in [0, 0.1) is 0 Å². The zero-order chi connectivity index (χ0) is 16.6. The van der Waals surface area contributed by atoms with Gasteiger partial charge in [-0.05, 0) is 25.3 Å². The highest BCUT2D eigenvalue weighted by atomic mass is 32.2. The average molecular weight is 327 g/mol. The number of rotatable bonds is 9. The molecule has 0 aliphatic heterocycles. The number of carbonyl (C=O) groups excluding carboxylic acids is 1. The van der Waals surface area contributed by atoms with E-state index in [4.69, 9.17) is 5.11 Å². The first kappa shape index (κ1) is 18.2. The molecule has 0 aromatic heterocycles. The van der Waals surface area contributed by atoms with Crippen molar-refractivity contribution in [1.82, 2.24) is 5.32 Å². The molecule has 0 radical (unpaired) electrons. The summed E-state index contributed by atoms with van der Waals surface area (Å²) < 4.78 is 23.7. The lowest BCUT2D eigenvalue weighted by Gasteiger charge is -2.11. The van der Waals surface area contributed by atoms with E-state index in [1.807, 2.05) is 30.3 Å². The van der Waals surface area contributed by atoms with Gasteiger partial charge >= 0.3 is 5.97 Å². The number of aliphatic carboxylic acids is 1. The summed E-state index contributed by atoms with van der Waals surface area (Å²) in [4.78, 5) is 22.1. The van der Waals surface area contributed by atoms with E-state index in [2.05, 4.69) is 5.32 Å². The van der Waals surface area contributed by atoms with Crippen LogP contribution in [0.3, 0.4) is 0 Å². The van der Waals surface area contributed by atoms with E-state index >= 15 is 0 Å². The Labute approximate surface area is 130 Å². The van der Waals surface area contributed by atoms with E-state index in [-0.39, 0.29) is 12.2 Å². The van der Waals surface area contributed by atoms with Crippen LogP contribution in [0.1, 0.15) is 25.3 Å². The molecule has 22 heavy (non-hydrogen) atoms. The second-order valence-corrected chi connectivity index (χ2v) is 7.43. The average Bonchev–Trinajstić information content (AvgIpc) is 2.37. The minimum absolute atomic E-state index is 0.0668. The van der Waals surface area contributed by atoms with Crippen molar-refractivity contribution in [1.29, 1.82) is 0 Å².